The van der Waals surface area contributed by atoms with Crippen LogP contribution in [-0.4, -0.2) is 69.5 Å². The molecule has 1 aromatic rings. The average molecular weight is 336 g/mol. The Morgan fingerprint density at radius 1 is 1.25 bits per heavy atom. The number of carbonyl (C=O) groups excluding carboxylic acids is 1. The summed E-state index contributed by atoms with van der Waals surface area (Å²) in [5.74, 6) is -1.19. The minimum absolute atomic E-state index is 0.0216. The van der Waals surface area contributed by atoms with E-state index in [1.807, 2.05) is 16.9 Å². The van der Waals surface area contributed by atoms with Crippen LogP contribution in [0.25, 0.3) is 0 Å². The zero-order valence-electron chi connectivity index (χ0n) is 13.4. The van der Waals surface area contributed by atoms with Crippen molar-refractivity contribution in [3.63, 3.8) is 0 Å². The maximum absolute atomic E-state index is 12.4. The first-order valence-corrected chi connectivity index (χ1v) is 7.86. The molecule has 0 radical (unpaired) electrons. The predicted molar refractivity (Wildman–Crippen MR) is 83.9 cm³/mol. The van der Waals surface area contributed by atoms with Crippen LogP contribution in [0.1, 0.15) is 29.8 Å². The zero-order chi connectivity index (χ0) is 17.5. The molecule has 1 unspecified atom stereocenters. The van der Waals surface area contributed by atoms with Crippen molar-refractivity contribution in [3.8, 4) is 0 Å². The summed E-state index contributed by atoms with van der Waals surface area (Å²) in [7, 11) is 1.81. The number of aliphatic carboxylic acids is 1. The molecule has 2 aliphatic rings. The monoisotopic (exact) mass is 336 g/mol. The molecule has 2 saturated heterocycles. The van der Waals surface area contributed by atoms with Gasteiger partial charge in [0, 0.05) is 25.7 Å². The highest BCUT2D eigenvalue weighted by Crippen LogP contribution is 2.42. The van der Waals surface area contributed by atoms with E-state index in [4.69, 9.17) is 0 Å². The molecule has 1 atom stereocenters. The number of hydrogen-bond donors (Lipinski definition) is 3. The standard InChI is InChI=1S/C15H20N4O5/c1-18-8-15(7-10(18)13(22)23)2-4-19(5-3-15)12(21)9-6-11(20)17-14(24)16-9/h6,10H,2-5,7-8H2,1H3,(H,22,23)(H2,16,17,20,24). The summed E-state index contributed by atoms with van der Waals surface area (Å²) in [4.78, 5) is 54.2. The number of hydrogen-bond acceptors (Lipinski definition) is 5. The first-order valence-electron chi connectivity index (χ1n) is 7.86. The van der Waals surface area contributed by atoms with Crippen LogP contribution in [0.15, 0.2) is 15.7 Å². The fraction of sp³-hybridized carbons (Fsp3) is 0.600. The number of H-pyrrole nitrogens is 2. The first kappa shape index (κ1) is 16.4. The van der Waals surface area contributed by atoms with Gasteiger partial charge in [-0.1, -0.05) is 0 Å². The van der Waals surface area contributed by atoms with Crippen molar-refractivity contribution in [1.82, 2.24) is 19.8 Å². The van der Waals surface area contributed by atoms with Crippen molar-refractivity contribution in [2.45, 2.75) is 25.3 Å². The van der Waals surface area contributed by atoms with E-state index in [-0.39, 0.29) is 17.0 Å². The van der Waals surface area contributed by atoms with Gasteiger partial charge in [0.05, 0.1) is 0 Å². The van der Waals surface area contributed by atoms with Crippen molar-refractivity contribution >= 4 is 11.9 Å². The number of amides is 1. The first-order chi connectivity index (χ1) is 11.3. The smallest absolute Gasteiger partial charge is 0.326 e. The van der Waals surface area contributed by atoms with Gasteiger partial charge in [-0.2, -0.15) is 0 Å². The van der Waals surface area contributed by atoms with E-state index in [2.05, 4.69) is 4.98 Å². The van der Waals surface area contributed by atoms with Crippen molar-refractivity contribution < 1.29 is 14.7 Å². The molecular formula is C15H20N4O5. The number of carboxylic acids is 1. The molecule has 3 rings (SSSR count). The van der Waals surface area contributed by atoms with Gasteiger partial charge in [0.15, 0.2) is 0 Å². The molecule has 0 aliphatic carbocycles. The third-order valence-electron chi connectivity index (χ3n) is 5.13. The lowest BCUT2D eigenvalue weighted by molar-refractivity contribution is -0.141. The van der Waals surface area contributed by atoms with Crippen LogP contribution < -0.4 is 11.2 Å². The quantitative estimate of drug-likeness (QED) is 0.641. The molecule has 9 nitrogen and oxygen atoms in total. The highest BCUT2D eigenvalue weighted by atomic mass is 16.4. The summed E-state index contributed by atoms with van der Waals surface area (Å²) in [6.45, 7) is 1.66. The van der Waals surface area contributed by atoms with Gasteiger partial charge >= 0.3 is 11.7 Å². The molecule has 0 bridgehead atoms. The van der Waals surface area contributed by atoms with Gasteiger partial charge < -0.3 is 15.0 Å². The van der Waals surface area contributed by atoms with E-state index >= 15 is 0 Å². The Morgan fingerprint density at radius 3 is 2.46 bits per heavy atom. The molecule has 2 fully saturated rings. The summed E-state index contributed by atoms with van der Waals surface area (Å²) < 4.78 is 0. The van der Waals surface area contributed by atoms with Gasteiger partial charge in [0.2, 0.25) is 0 Å². The molecule has 24 heavy (non-hydrogen) atoms. The Balaban J connectivity index is 1.69. The third kappa shape index (κ3) is 2.99. The minimum atomic E-state index is -0.811. The van der Waals surface area contributed by atoms with Gasteiger partial charge in [-0.25, -0.2) is 4.79 Å². The SMILES string of the molecule is CN1CC2(CCN(C(=O)c3cc(=O)[nH]c(=O)[nH]3)CC2)CC1C(=O)O. The van der Waals surface area contributed by atoms with Crippen LogP contribution in [0.3, 0.4) is 0 Å². The maximum atomic E-state index is 12.4. The number of likely N-dealkylation sites (N-methyl/N-ethyl adjacent to an activating group) is 1. The number of aromatic nitrogens is 2. The lowest BCUT2D eigenvalue weighted by Crippen LogP contribution is -2.45. The van der Waals surface area contributed by atoms with Gasteiger partial charge in [-0.05, 0) is 31.7 Å². The second-order valence-corrected chi connectivity index (χ2v) is 6.77. The van der Waals surface area contributed by atoms with Crippen molar-refractivity contribution in [2.75, 3.05) is 26.7 Å². The van der Waals surface area contributed by atoms with Crippen molar-refractivity contribution in [1.29, 1.82) is 0 Å². The number of carboxylic acid groups (broad SMARTS) is 1. The second-order valence-electron chi connectivity index (χ2n) is 6.77. The van der Waals surface area contributed by atoms with E-state index in [1.54, 1.807) is 4.90 Å². The van der Waals surface area contributed by atoms with E-state index in [0.29, 0.717) is 38.9 Å². The number of likely N-dealkylation sites (tertiary alicyclic amines) is 2. The van der Waals surface area contributed by atoms with E-state index in [9.17, 15) is 24.3 Å². The summed E-state index contributed by atoms with van der Waals surface area (Å²) in [6, 6.07) is 0.606. The molecule has 1 amide bonds. The van der Waals surface area contributed by atoms with E-state index < -0.39 is 23.3 Å². The van der Waals surface area contributed by atoms with Gasteiger partial charge in [0.1, 0.15) is 11.7 Å². The Morgan fingerprint density at radius 2 is 1.92 bits per heavy atom. The predicted octanol–water partition coefficient (Wildman–Crippen LogP) is -0.926. The Hall–Kier alpha value is -2.42. The van der Waals surface area contributed by atoms with Crippen LogP contribution in [-0.2, 0) is 4.79 Å². The fourth-order valence-corrected chi connectivity index (χ4v) is 3.85. The molecule has 3 heterocycles. The fourth-order valence-electron chi connectivity index (χ4n) is 3.85. The lowest BCUT2D eigenvalue weighted by atomic mass is 9.76. The number of piperidine rings is 1. The average Bonchev–Trinajstić information content (AvgIpc) is 2.83. The number of nitrogens with one attached hydrogen (secondary N) is 2. The van der Waals surface area contributed by atoms with Crippen LogP contribution >= 0.6 is 0 Å². The molecule has 1 spiro atoms. The summed E-state index contributed by atoms with van der Waals surface area (Å²) in [6.07, 6.45) is 2.00. The summed E-state index contributed by atoms with van der Waals surface area (Å²) in [5.41, 5.74) is -1.43. The number of aromatic amines is 2. The molecule has 2 aliphatic heterocycles. The van der Waals surface area contributed by atoms with Gasteiger partial charge in [0.25, 0.3) is 11.5 Å². The Labute approximate surface area is 137 Å². The largest absolute Gasteiger partial charge is 0.480 e. The van der Waals surface area contributed by atoms with Crippen molar-refractivity contribution in [3.05, 3.63) is 32.6 Å². The lowest BCUT2D eigenvalue weighted by Gasteiger charge is -2.39. The Bertz CT molecular complexity index is 746. The van der Waals surface area contributed by atoms with Crippen LogP contribution in [0.4, 0.5) is 0 Å². The molecule has 1 aromatic heterocycles. The summed E-state index contributed by atoms with van der Waals surface area (Å²) >= 11 is 0. The molecule has 3 N–H and O–H groups in total. The summed E-state index contributed by atoms with van der Waals surface area (Å²) in [5, 5.41) is 9.27. The molecular weight excluding hydrogens is 316 g/mol. The third-order valence-corrected chi connectivity index (χ3v) is 5.13. The normalized spacial score (nSPS) is 23.5. The van der Waals surface area contributed by atoms with Crippen molar-refractivity contribution in [2.24, 2.45) is 5.41 Å². The van der Waals surface area contributed by atoms with Crippen LogP contribution in [0.5, 0.6) is 0 Å². The molecule has 130 valence electrons. The van der Waals surface area contributed by atoms with E-state index in [1.165, 1.54) is 0 Å². The highest BCUT2D eigenvalue weighted by molar-refractivity contribution is 5.92. The number of carbonyl (C=O) groups is 2. The second kappa shape index (κ2) is 5.90. The van der Waals surface area contributed by atoms with Crippen LogP contribution in [0, 0.1) is 5.41 Å². The highest BCUT2D eigenvalue weighted by Gasteiger charge is 2.47. The molecule has 0 aromatic carbocycles. The van der Waals surface area contributed by atoms with E-state index in [0.717, 1.165) is 6.07 Å². The van der Waals surface area contributed by atoms with Crippen LogP contribution in [0.2, 0.25) is 0 Å². The number of nitrogens with zero attached hydrogens (tertiary/aromatic N) is 2. The Kier molecular flexibility index (Phi) is 4.04. The zero-order valence-corrected chi connectivity index (χ0v) is 13.4. The minimum Gasteiger partial charge on any atom is -0.480 e. The maximum Gasteiger partial charge on any atom is 0.326 e. The number of rotatable bonds is 2. The van der Waals surface area contributed by atoms with Gasteiger partial charge in [-0.15, -0.1) is 0 Å². The molecule has 9 heteroatoms. The molecule has 0 saturated carbocycles. The van der Waals surface area contributed by atoms with Gasteiger partial charge in [-0.3, -0.25) is 24.3 Å². The topological polar surface area (TPSA) is 127 Å².